The number of amidine groups is 1. The van der Waals surface area contributed by atoms with E-state index in [9.17, 15) is 4.39 Å². The van der Waals surface area contributed by atoms with E-state index >= 15 is 0 Å². The summed E-state index contributed by atoms with van der Waals surface area (Å²) in [5.41, 5.74) is 8.53. The minimum atomic E-state index is -0.274. The average molecular weight is 311 g/mol. The van der Waals surface area contributed by atoms with Crippen LogP contribution in [0.2, 0.25) is 0 Å². The Bertz CT molecular complexity index is 854. The number of H-pyrrole nitrogens is 1. The molecule has 3 N–H and O–H groups in total. The van der Waals surface area contributed by atoms with Crippen molar-refractivity contribution in [3.05, 3.63) is 65.6 Å². The molecule has 0 atom stereocenters. The van der Waals surface area contributed by atoms with Gasteiger partial charge in [0, 0.05) is 16.5 Å². The number of nitrogens with two attached hydrogens (primary N) is 1. The SMILES string of the molecule is CCOc1ccccc1CN=C(N)c1cc2cc(F)ccc2[nH]1. The highest BCUT2D eigenvalue weighted by atomic mass is 19.1. The first-order valence-electron chi connectivity index (χ1n) is 7.46. The van der Waals surface area contributed by atoms with E-state index in [0.29, 0.717) is 24.7 Å². The van der Waals surface area contributed by atoms with Crippen LogP contribution in [0, 0.1) is 5.82 Å². The van der Waals surface area contributed by atoms with E-state index in [1.54, 1.807) is 12.1 Å². The maximum Gasteiger partial charge on any atom is 0.142 e. The molecule has 5 heteroatoms. The molecule has 1 heterocycles. The van der Waals surface area contributed by atoms with Gasteiger partial charge in [-0.15, -0.1) is 0 Å². The van der Waals surface area contributed by atoms with Crippen LogP contribution in [-0.2, 0) is 6.54 Å². The van der Waals surface area contributed by atoms with E-state index in [2.05, 4.69) is 9.98 Å². The van der Waals surface area contributed by atoms with Gasteiger partial charge in [0.15, 0.2) is 0 Å². The predicted molar refractivity (Wildman–Crippen MR) is 90.3 cm³/mol. The summed E-state index contributed by atoms with van der Waals surface area (Å²) in [4.78, 5) is 7.56. The largest absolute Gasteiger partial charge is 0.494 e. The van der Waals surface area contributed by atoms with Crippen LogP contribution < -0.4 is 10.5 Å². The van der Waals surface area contributed by atoms with Gasteiger partial charge < -0.3 is 15.5 Å². The molecule has 0 bridgehead atoms. The second kappa shape index (κ2) is 6.52. The number of para-hydroxylation sites is 1. The van der Waals surface area contributed by atoms with Crippen LogP contribution in [0.3, 0.4) is 0 Å². The van der Waals surface area contributed by atoms with Gasteiger partial charge in [-0.3, -0.25) is 4.99 Å². The Balaban J connectivity index is 1.84. The van der Waals surface area contributed by atoms with Gasteiger partial charge in [-0.25, -0.2) is 4.39 Å². The number of ether oxygens (including phenoxy) is 1. The van der Waals surface area contributed by atoms with Crippen molar-refractivity contribution in [1.29, 1.82) is 0 Å². The molecule has 0 saturated heterocycles. The van der Waals surface area contributed by atoms with Gasteiger partial charge in [0.2, 0.25) is 0 Å². The molecule has 2 aromatic carbocycles. The number of aromatic amines is 1. The summed E-state index contributed by atoms with van der Waals surface area (Å²) in [5.74, 6) is 0.919. The van der Waals surface area contributed by atoms with Gasteiger partial charge in [0.05, 0.1) is 18.8 Å². The molecule has 0 spiro atoms. The first kappa shape index (κ1) is 15.1. The molecule has 4 nitrogen and oxygen atoms in total. The van der Waals surface area contributed by atoms with Crippen LogP contribution >= 0.6 is 0 Å². The van der Waals surface area contributed by atoms with E-state index in [1.807, 2.05) is 31.2 Å². The molecule has 0 radical (unpaired) electrons. The number of hydrogen-bond donors (Lipinski definition) is 2. The van der Waals surface area contributed by atoms with E-state index in [1.165, 1.54) is 12.1 Å². The van der Waals surface area contributed by atoms with E-state index in [4.69, 9.17) is 10.5 Å². The van der Waals surface area contributed by atoms with Crippen LogP contribution in [0.5, 0.6) is 5.75 Å². The van der Waals surface area contributed by atoms with E-state index < -0.39 is 0 Å². The highest BCUT2D eigenvalue weighted by molar-refractivity contribution is 6.00. The Morgan fingerprint density at radius 3 is 2.87 bits per heavy atom. The Morgan fingerprint density at radius 1 is 1.22 bits per heavy atom. The standard InChI is InChI=1S/C18H18FN3O/c1-2-23-17-6-4-3-5-12(17)11-21-18(20)16-10-13-9-14(19)7-8-15(13)22-16/h3-10,22H,2,11H2,1H3,(H2,20,21). The fourth-order valence-electron chi connectivity index (χ4n) is 2.43. The maximum atomic E-state index is 13.2. The number of nitrogens with zero attached hydrogens (tertiary/aromatic N) is 1. The van der Waals surface area contributed by atoms with Crippen LogP contribution in [0.1, 0.15) is 18.2 Å². The molecule has 0 aliphatic carbocycles. The Hall–Kier alpha value is -2.82. The first-order chi connectivity index (χ1) is 11.2. The molecule has 0 amide bonds. The maximum absolute atomic E-state index is 13.2. The van der Waals surface area contributed by atoms with Crippen molar-refractivity contribution >= 4 is 16.7 Å². The molecule has 3 aromatic rings. The summed E-state index contributed by atoms with van der Waals surface area (Å²) in [6, 6.07) is 14.1. The molecule has 0 aliphatic rings. The predicted octanol–water partition coefficient (Wildman–Crippen LogP) is 3.61. The number of nitrogens with one attached hydrogen (secondary N) is 1. The van der Waals surface area contributed by atoms with Crippen molar-refractivity contribution in [3.8, 4) is 5.75 Å². The fraction of sp³-hybridized carbons (Fsp3) is 0.167. The summed E-state index contributed by atoms with van der Waals surface area (Å²) in [7, 11) is 0. The summed E-state index contributed by atoms with van der Waals surface area (Å²) < 4.78 is 18.8. The van der Waals surface area contributed by atoms with Crippen molar-refractivity contribution < 1.29 is 9.13 Å². The zero-order valence-electron chi connectivity index (χ0n) is 12.8. The number of fused-ring (bicyclic) bond motifs is 1. The van der Waals surface area contributed by atoms with Crippen molar-refractivity contribution in [2.75, 3.05) is 6.61 Å². The smallest absolute Gasteiger partial charge is 0.142 e. The van der Waals surface area contributed by atoms with Crippen LogP contribution in [-0.4, -0.2) is 17.4 Å². The van der Waals surface area contributed by atoms with Crippen molar-refractivity contribution in [3.63, 3.8) is 0 Å². The lowest BCUT2D eigenvalue weighted by Gasteiger charge is -2.08. The van der Waals surface area contributed by atoms with Gasteiger partial charge in [-0.05, 0) is 37.3 Å². The number of hydrogen-bond acceptors (Lipinski definition) is 2. The number of aromatic nitrogens is 1. The first-order valence-corrected chi connectivity index (χ1v) is 7.46. The molecule has 1 aromatic heterocycles. The molecular weight excluding hydrogens is 293 g/mol. The lowest BCUT2D eigenvalue weighted by atomic mass is 10.2. The Morgan fingerprint density at radius 2 is 2.04 bits per heavy atom. The van der Waals surface area contributed by atoms with Crippen molar-refractivity contribution in [1.82, 2.24) is 4.98 Å². The van der Waals surface area contributed by atoms with E-state index in [-0.39, 0.29) is 5.82 Å². The van der Waals surface area contributed by atoms with E-state index in [0.717, 1.165) is 22.2 Å². The summed E-state index contributed by atoms with van der Waals surface area (Å²) in [6.07, 6.45) is 0. The van der Waals surface area contributed by atoms with Crippen molar-refractivity contribution in [2.45, 2.75) is 13.5 Å². The summed E-state index contributed by atoms with van der Waals surface area (Å²) >= 11 is 0. The second-order valence-electron chi connectivity index (χ2n) is 5.16. The quantitative estimate of drug-likeness (QED) is 0.558. The minimum Gasteiger partial charge on any atom is -0.494 e. The zero-order chi connectivity index (χ0) is 16.2. The van der Waals surface area contributed by atoms with Crippen LogP contribution in [0.25, 0.3) is 10.9 Å². The summed E-state index contributed by atoms with van der Waals surface area (Å²) in [6.45, 7) is 2.97. The van der Waals surface area contributed by atoms with Gasteiger partial charge in [0.1, 0.15) is 17.4 Å². The molecule has 0 aliphatic heterocycles. The molecule has 0 fully saturated rings. The molecule has 118 valence electrons. The van der Waals surface area contributed by atoms with Crippen LogP contribution in [0.15, 0.2) is 53.5 Å². The van der Waals surface area contributed by atoms with Gasteiger partial charge >= 0.3 is 0 Å². The normalized spacial score (nSPS) is 11.8. The van der Waals surface area contributed by atoms with Crippen molar-refractivity contribution in [2.24, 2.45) is 10.7 Å². The number of benzene rings is 2. The number of rotatable bonds is 5. The van der Waals surface area contributed by atoms with Crippen LogP contribution in [0.4, 0.5) is 4.39 Å². The zero-order valence-corrected chi connectivity index (χ0v) is 12.8. The highest BCUT2D eigenvalue weighted by Crippen LogP contribution is 2.20. The Labute approximate surface area is 133 Å². The highest BCUT2D eigenvalue weighted by Gasteiger charge is 2.06. The Kier molecular flexibility index (Phi) is 4.28. The minimum absolute atomic E-state index is 0.274. The summed E-state index contributed by atoms with van der Waals surface area (Å²) in [5, 5.41) is 0.771. The lowest BCUT2D eigenvalue weighted by molar-refractivity contribution is 0.336. The van der Waals surface area contributed by atoms with Gasteiger partial charge in [-0.2, -0.15) is 0 Å². The third-order valence-corrected chi connectivity index (χ3v) is 3.55. The van der Waals surface area contributed by atoms with Gasteiger partial charge in [-0.1, -0.05) is 18.2 Å². The lowest BCUT2D eigenvalue weighted by Crippen LogP contribution is -2.14. The second-order valence-corrected chi connectivity index (χ2v) is 5.16. The monoisotopic (exact) mass is 311 g/mol. The number of aliphatic imine (C=N–C) groups is 1. The topological polar surface area (TPSA) is 63.4 Å². The third kappa shape index (κ3) is 3.34. The van der Waals surface area contributed by atoms with Gasteiger partial charge in [0.25, 0.3) is 0 Å². The number of halogens is 1. The molecule has 0 unspecified atom stereocenters. The molecule has 0 saturated carbocycles. The molecule has 3 rings (SSSR count). The molecule has 23 heavy (non-hydrogen) atoms. The fourth-order valence-corrected chi connectivity index (χ4v) is 2.43. The molecular formula is C18H18FN3O. The average Bonchev–Trinajstić information content (AvgIpc) is 2.97. The third-order valence-electron chi connectivity index (χ3n) is 3.55.